The van der Waals surface area contributed by atoms with Crippen molar-refractivity contribution < 1.29 is 9.53 Å². The van der Waals surface area contributed by atoms with Crippen LogP contribution < -0.4 is 5.32 Å². The molecule has 0 unspecified atom stereocenters. The SMILES string of the molecule is CCOCC(=O)NCC1(N2CCCCC2)CCCC1. The third kappa shape index (κ3) is 3.93. The summed E-state index contributed by atoms with van der Waals surface area (Å²) >= 11 is 0. The largest absolute Gasteiger partial charge is 0.372 e. The van der Waals surface area contributed by atoms with Gasteiger partial charge in [-0.05, 0) is 45.7 Å². The topological polar surface area (TPSA) is 41.6 Å². The highest BCUT2D eigenvalue weighted by Crippen LogP contribution is 2.36. The smallest absolute Gasteiger partial charge is 0.246 e. The van der Waals surface area contributed by atoms with Crippen LogP contribution >= 0.6 is 0 Å². The number of hydrogen-bond acceptors (Lipinski definition) is 3. The van der Waals surface area contributed by atoms with Gasteiger partial charge in [0.15, 0.2) is 0 Å². The van der Waals surface area contributed by atoms with Gasteiger partial charge in [0.2, 0.25) is 5.91 Å². The highest BCUT2D eigenvalue weighted by atomic mass is 16.5. The maximum Gasteiger partial charge on any atom is 0.246 e. The Bertz CT molecular complexity index is 282. The van der Waals surface area contributed by atoms with Crippen LogP contribution in [0.5, 0.6) is 0 Å². The van der Waals surface area contributed by atoms with Gasteiger partial charge in [-0.15, -0.1) is 0 Å². The third-order valence-corrected chi connectivity index (χ3v) is 4.61. The van der Waals surface area contributed by atoms with Crippen LogP contribution in [-0.4, -0.2) is 49.2 Å². The molecule has 1 N–H and O–H groups in total. The summed E-state index contributed by atoms with van der Waals surface area (Å²) in [5.41, 5.74) is 0.238. The summed E-state index contributed by atoms with van der Waals surface area (Å²) in [7, 11) is 0. The molecule has 1 saturated heterocycles. The zero-order valence-corrected chi connectivity index (χ0v) is 12.2. The molecule has 4 nitrogen and oxygen atoms in total. The number of amides is 1. The van der Waals surface area contributed by atoms with Crippen molar-refractivity contribution in [1.82, 2.24) is 10.2 Å². The van der Waals surface area contributed by atoms with E-state index in [1.54, 1.807) is 0 Å². The predicted octanol–water partition coefficient (Wildman–Crippen LogP) is 1.94. The van der Waals surface area contributed by atoms with Crippen LogP contribution in [0.3, 0.4) is 0 Å². The third-order valence-electron chi connectivity index (χ3n) is 4.61. The van der Waals surface area contributed by atoms with Crippen molar-refractivity contribution in [3.05, 3.63) is 0 Å². The van der Waals surface area contributed by atoms with E-state index in [-0.39, 0.29) is 18.1 Å². The Hall–Kier alpha value is -0.610. The molecule has 2 aliphatic rings. The quantitative estimate of drug-likeness (QED) is 0.800. The lowest BCUT2D eigenvalue weighted by Gasteiger charge is -2.43. The number of carbonyl (C=O) groups excluding carboxylic acids is 1. The Labute approximate surface area is 116 Å². The van der Waals surface area contributed by atoms with Crippen molar-refractivity contribution in [3.8, 4) is 0 Å². The second kappa shape index (κ2) is 7.25. The molecule has 4 heteroatoms. The first-order valence-corrected chi connectivity index (χ1v) is 7.86. The van der Waals surface area contributed by atoms with E-state index >= 15 is 0 Å². The maximum absolute atomic E-state index is 11.7. The molecule has 1 heterocycles. The summed E-state index contributed by atoms with van der Waals surface area (Å²) in [6.07, 6.45) is 9.08. The monoisotopic (exact) mass is 268 g/mol. The van der Waals surface area contributed by atoms with E-state index in [9.17, 15) is 4.79 Å². The van der Waals surface area contributed by atoms with E-state index in [2.05, 4.69) is 10.2 Å². The molecule has 19 heavy (non-hydrogen) atoms. The minimum atomic E-state index is 0.0325. The molecule has 0 atom stereocenters. The van der Waals surface area contributed by atoms with Gasteiger partial charge in [-0.1, -0.05) is 19.3 Å². The van der Waals surface area contributed by atoms with Gasteiger partial charge >= 0.3 is 0 Å². The number of rotatable bonds is 6. The number of nitrogens with one attached hydrogen (secondary N) is 1. The molecule has 1 aliphatic heterocycles. The number of hydrogen-bond donors (Lipinski definition) is 1. The maximum atomic E-state index is 11.7. The van der Waals surface area contributed by atoms with Crippen LogP contribution in [-0.2, 0) is 9.53 Å². The first-order valence-electron chi connectivity index (χ1n) is 7.86. The fourth-order valence-electron chi connectivity index (χ4n) is 3.52. The lowest BCUT2D eigenvalue weighted by atomic mass is 9.92. The van der Waals surface area contributed by atoms with E-state index in [1.165, 1.54) is 58.0 Å². The zero-order valence-electron chi connectivity index (χ0n) is 12.2. The first-order chi connectivity index (χ1) is 9.27. The van der Waals surface area contributed by atoms with Crippen molar-refractivity contribution in [2.45, 2.75) is 57.4 Å². The molecule has 0 aromatic carbocycles. The Morgan fingerprint density at radius 3 is 2.47 bits per heavy atom. The van der Waals surface area contributed by atoms with Crippen molar-refractivity contribution in [2.75, 3.05) is 32.8 Å². The summed E-state index contributed by atoms with van der Waals surface area (Å²) in [5.74, 6) is 0.0325. The normalized spacial score (nSPS) is 23.4. The standard InChI is InChI=1S/C15H28N2O2/c1-2-19-12-14(18)16-13-15(8-4-5-9-15)17-10-6-3-7-11-17/h2-13H2,1H3,(H,16,18). The molecular formula is C15H28N2O2. The molecule has 1 amide bonds. The van der Waals surface area contributed by atoms with E-state index in [0.717, 1.165) is 6.54 Å². The fourth-order valence-corrected chi connectivity index (χ4v) is 3.52. The molecule has 0 bridgehead atoms. The summed E-state index contributed by atoms with van der Waals surface area (Å²) in [6.45, 7) is 5.94. The summed E-state index contributed by atoms with van der Waals surface area (Å²) in [6, 6.07) is 0. The van der Waals surface area contributed by atoms with Gasteiger partial charge < -0.3 is 10.1 Å². The zero-order chi connectivity index (χ0) is 13.6. The minimum absolute atomic E-state index is 0.0325. The van der Waals surface area contributed by atoms with Crippen LogP contribution in [0.1, 0.15) is 51.9 Å². The van der Waals surface area contributed by atoms with Gasteiger partial charge in [-0.3, -0.25) is 9.69 Å². The minimum Gasteiger partial charge on any atom is -0.372 e. The average molecular weight is 268 g/mol. The van der Waals surface area contributed by atoms with Crippen molar-refractivity contribution in [3.63, 3.8) is 0 Å². The Morgan fingerprint density at radius 2 is 1.84 bits per heavy atom. The van der Waals surface area contributed by atoms with Gasteiger partial charge in [0, 0.05) is 18.7 Å². The molecule has 1 aliphatic carbocycles. The predicted molar refractivity (Wildman–Crippen MR) is 76.1 cm³/mol. The van der Waals surface area contributed by atoms with Crippen molar-refractivity contribution in [2.24, 2.45) is 0 Å². The van der Waals surface area contributed by atoms with E-state index in [1.807, 2.05) is 6.92 Å². The van der Waals surface area contributed by atoms with Crippen LogP contribution in [0, 0.1) is 0 Å². The van der Waals surface area contributed by atoms with Crippen LogP contribution in [0.15, 0.2) is 0 Å². The molecule has 2 rings (SSSR count). The van der Waals surface area contributed by atoms with Crippen molar-refractivity contribution >= 4 is 5.91 Å². The molecule has 1 saturated carbocycles. The summed E-state index contributed by atoms with van der Waals surface area (Å²) in [5, 5.41) is 3.09. The number of ether oxygens (including phenoxy) is 1. The molecule has 0 aromatic heterocycles. The highest BCUT2D eigenvalue weighted by Gasteiger charge is 2.39. The van der Waals surface area contributed by atoms with Gasteiger partial charge in [0.1, 0.15) is 6.61 Å². The van der Waals surface area contributed by atoms with Crippen LogP contribution in [0.2, 0.25) is 0 Å². The van der Waals surface area contributed by atoms with Crippen LogP contribution in [0.4, 0.5) is 0 Å². The number of nitrogens with zero attached hydrogens (tertiary/aromatic N) is 1. The Kier molecular flexibility index (Phi) is 5.64. The molecule has 110 valence electrons. The molecule has 0 radical (unpaired) electrons. The summed E-state index contributed by atoms with van der Waals surface area (Å²) in [4.78, 5) is 14.4. The second-order valence-electron chi connectivity index (χ2n) is 5.89. The highest BCUT2D eigenvalue weighted by molar-refractivity contribution is 5.77. The van der Waals surface area contributed by atoms with E-state index in [0.29, 0.717) is 6.61 Å². The van der Waals surface area contributed by atoms with E-state index in [4.69, 9.17) is 4.74 Å². The van der Waals surface area contributed by atoms with E-state index < -0.39 is 0 Å². The second-order valence-corrected chi connectivity index (χ2v) is 5.89. The number of carbonyl (C=O) groups is 1. The molecule has 0 spiro atoms. The van der Waals surface area contributed by atoms with Gasteiger partial charge in [-0.25, -0.2) is 0 Å². The summed E-state index contributed by atoms with van der Waals surface area (Å²) < 4.78 is 5.16. The Balaban J connectivity index is 1.86. The number of piperidine rings is 1. The molecular weight excluding hydrogens is 240 g/mol. The lowest BCUT2D eigenvalue weighted by Crippen LogP contribution is -2.55. The fraction of sp³-hybridized carbons (Fsp3) is 0.933. The molecule has 2 fully saturated rings. The molecule has 0 aromatic rings. The van der Waals surface area contributed by atoms with Crippen LogP contribution in [0.25, 0.3) is 0 Å². The van der Waals surface area contributed by atoms with Gasteiger partial charge in [-0.2, -0.15) is 0 Å². The van der Waals surface area contributed by atoms with Gasteiger partial charge in [0.05, 0.1) is 0 Å². The lowest BCUT2D eigenvalue weighted by molar-refractivity contribution is -0.126. The van der Waals surface area contributed by atoms with Crippen molar-refractivity contribution in [1.29, 1.82) is 0 Å². The average Bonchev–Trinajstić information content (AvgIpc) is 2.94. The first kappa shape index (κ1) is 14.8. The number of likely N-dealkylation sites (tertiary alicyclic amines) is 1. The van der Waals surface area contributed by atoms with Gasteiger partial charge in [0.25, 0.3) is 0 Å². The Morgan fingerprint density at radius 1 is 1.16 bits per heavy atom.